The number of H-pyrrole nitrogens is 1. The molecule has 70 heavy (non-hydrogen) atoms. The van der Waals surface area contributed by atoms with Crippen LogP contribution < -0.4 is 16.2 Å². The highest BCUT2D eigenvalue weighted by molar-refractivity contribution is 6.74. The number of amides is 2. The summed E-state index contributed by atoms with van der Waals surface area (Å²) in [5, 5.41) is 18.0. The van der Waals surface area contributed by atoms with Crippen molar-refractivity contribution >= 4 is 36.9 Å². The highest BCUT2D eigenvalue weighted by Crippen LogP contribution is 2.42. The van der Waals surface area contributed by atoms with Gasteiger partial charge in [-0.25, -0.2) is 4.79 Å². The number of ether oxygens (including phenoxy) is 2. The second kappa shape index (κ2) is 23.3. The van der Waals surface area contributed by atoms with Crippen molar-refractivity contribution in [1.29, 1.82) is 0 Å². The van der Waals surface area contributed by atoms with Crippen molar-refractivity contribution in [3.8, 4) is 16.9 Å². The summed E-state index contributed by atoms with van der Waals surface area (Å²) in [6, 6.07) is 33.8. The van der Waals surface area contributed by atoms with Gasteiger partial charge in [-0.3, -0.25) is 14.9 Å². The predicted molar refractivity (Wildman–Crippen MR) is 282 cm³/mol. The van der Waals surface area contributed by atoms with Crippen LogP contribution in [0.25, 0.3) is 22.0 Å². The fourth-order valence-electron chi connectivity index (χ4n) is 10.6. The number of benzene rings is 4. The minimum absolute atomic E-state index is 0.0223. The number of nitrogens with zero attached hydrogens (tertiary/aromatic N) is 2. The van der Waals surface area contributed by atoms with Crippen LogP contribution in [0.1, 0.15) is 88.5 Å². The number of nitrogens with one attached hydrogen (secondary N) is 3. The first-order valence-electron chi connectivity index (χ1n) is 25.7. The number of anilines is 1. The van der Waals surface area contributed by atoms with Gasteiger partial charge in [0.05, 0.1) is 36.9 Å². The zero-order valence-electron chi connectivity index (χ0n) is 42.0. The molecule has 5 aromatic rings. The van der Waals surface area contributed by atoms with Gasteiger partial charge in [-0.1, -0.05) is 112 Å². The quantitative estimate of drug-likeness (QED) is 0.0417. The molecule has 1 aromatic heterocycles. The minimum Gasteiger partial charge on any atom is -0.506 e. The first-order valence-corrected chi connectivity index (χ1v) is 28.6. The number of pyridine rings is 1. The zero-order valence-corrected chi connectivity index (χ0v) is 43.0. The number of aromatic nitrogens is 1. The topological polar surface area (TPSA) is 145 Å². The van der Waals surface area contributed by atoms with E-state index in [1.54, 1.807) is 12.1 Å². The zero-order chi connectivity index (χ0) is 49.3. The summed E-state index contributed by atoms with van der Waals surface area (Å²) in [4.78, 5) is 46.3. The van der Waals surface area contributed by atoms with Crippen molar-refractivity contribution < 1.29 is 28.6 Å². The number of carbonyl (C=O) groups is 2. The molecule has 4 N–H and O–H groups in total. The van der Waals surface area contributed by atoms with Crippen LogP contribution in [0, 0.1) is 11.8 Å². The average molecular weight is 970 g/mol. The lowest BCUT2D eigenvalue weighted by atomic mass is 10.0. The summed E-state index contributed by atoms with van der Waals surface area (Å²) in [5.74, 6) is 1.28. The number of likely N-dealkylation sites (tertiary alicyclic amines) is 1. The summed E-state index contributed by atoms with van der Waals surface area (Å²) in [7, 11) is -2.23. The van der Waals surface area contributed by atoms with E-state index < -0.39 is 8.32 Å². The molecule has 4 aromatic carbocycles. The molecule has 4 atom stereocenters. The van der Waals surface area contributed by atoms with Crippen LogP contribution in [0.3, 0.4) is 0 Å². The molecule has 2 saturated carbocycles. The number of hydrogen-bond acceptors (Lipinski definition) is 9. The Morgan fingerprint density at radius 2 is 1.54 bits per heavy atom. The molecule has 3 fully saturated rings. The molecule has 13 heteroatoms. The Kier molecular flexibility index (Phi) is 17.0. The van der Waals surface area contributed by atoms with Crippen LogP contribution in [0.5, 0.6) is 5.75 Å². The van der Waals surface area contributed by atoms with Gasteiger partial charge in [-0.2, -0.15) is 0 Å². The summed E-state index contributed by atoms with van der Waals surface area (Å²) in [6.07, 6.45) is 7.58. The summed E-state index contributed by atoms with van der Waals surface area (Å²) >= 11 is 0. The van der Waals surface area contributed by atoms with Crippen LogP contribution >= 0.6 is 0 Å². The third-order valence-electron chi connectivity index (χ3n) is 15.5. The van der Waals surface area contributed by atoms with Gasteiger partial charge in [0, 0.05) is 62.3 Å². The van der Waals surface area contributed by atoms with Crippen LogP contribution in [0.2, 0.25) is 18.1 Å². The van der Waals surface area contributed by atoms with Crippen molar-refractivity contribution in [3.63, 3.8) is 0 Å². The Bertz CT molecular complexity index is 2560. The second-order valence-electron chi connectivity index (χ2n) is 21.4. The average Bonchev–Trinajstić information content (AvgIpc) is 4.09. The summed E-state index contributed by atoms with van der Waals surface area (Å²) in [5.41, 5.74) is 6.40. The first-order chi connectivity index (χ1) is 33.7. The van der Waals surface area contributed by atoms with E-state index in [9.17, 15) is 19.5 Å². The van der Waals surface area contributed by atoms with E-state index in [1.165, 1.54) is 17.2 Å². The highest BCUT2D eigenvalue weighted by atomic mass is 28.4. The van der Waals surface area contributed by atoms with Crippen LogP contribution in [0.4, 0.5) is 10.5 Å². The van der Waals surface area contributed by atoms with Crippen molar-refractivity contribution in [2.24, 2.45) is 11.8 Å². The maximum Gasteiger partial charge on any atom is 0.411 e. The van der Waals surface area contributed by atoms with Gasteiger partial charge in [-0.15, -0.1) is 0 Å². The van der Waals surface area contributed by atoms with Gasteiger partial charge >= 0.3 is 6.09 Å². The predicted octanol–water partition coefficient (Wildman–Crippen LogP) is 10.5. The number of aromatic amines is 1. The number of para-hydroxylation sites is 1. The maximum absolute atomic E-state index is 13.7. The van der Waals surface area contributed by atoms with Crippen LogP contribution in [-0.4, -0.2) is 105 Å². The van der Waals surface area contributed by atoms with Crippen molar-refractivity contribution in [2.75, 3.05) is 57.8 Å². The number of carbonyl (C=O) groups excluding carboxylic acids is 2. The van der Waals surface area contributed by atoms with Crippen molar-refractivity contribution in [3.05, 3.63) is 130 Å². The Balaban J connectivity index is 0.736. The molecular formula is C57H75N5O7Si. The summed E-state index contributed by atoms with van der Waals surface area (Å²) in [6.45, 7) is 16.9. The number of rotatable bonds is 21. The number of hydrogen-bond donors (Lipinski definition) is 4. The van der Waals surface area contributed by atoms with Gasteiger partial charge in [-0.05, 0) is 109 Å². The molecule has 1 unspecified atom stereocenters. The number of fused-ring (bicyclic) bond motifs is 2. The van der Waals surface area contributed by atoms with Crippen LogP contribution in [-0.2, 0) is 31.5 Å². The third-order valence-corrected chi connectivity index (χ3v) is 20.0. The molecule has 0 radical (unpaired) electrons. The molecule has 0 spiro atoms. The molecule has 12 nitrogen and oxygen atoms in total. The SMILES string of the molecule is CC(C)(C)[Si](C)(C)O[C@@H](CNCCN(C(=O)CCOCCc1ccc(CCN2C[C@H]3CC(OC(=O)Nc4ccccc4-c4ccccc4)C[C@H]3C2)cc1)C1CCCC1)c1ccc(O)c2[nH]c(=O)ccc12. The smallest absolute Gasteiger partial charge is 0.411 e. The molecule has 3 aliphatic rings. The van der Waals surface area contributed by atoms with Crippen molar-refractivity contribution in [1.82, 2.24) is 20.1 Å². The first kappa shape index (κ1) is 51.1. The normalized spacial score (nSPS) is 19.1. The van der Waals surface area contributed by atoms with E-state index in [4.69, 9.17) is 13.9 Å². The van der Waals surface area contributed by atoms with E-state index in [-0.39, 0.29) is 46.6 Å². The maximum atomic E-state index is 13.7. The van der Waals surface area contributed by atoms with E-state index in [2.05, 4.69) is 83.5 Å². The second-order valence-corrected chi connectivity index (χ2v) is 26.1. The summed E-state index contributed by atoms with van der Waals surface area (Å²) < 4.78 is 19.0. The molecule has 8 rings (SSSR count). The van der Waals surface area contributed by atoms with Crippen molar-refractivity contribution in [2.45, 2.75) is 115 Å². The standard InChI is InChI=1S/C57H75N5O7Si/c1-57(2,3)70(4,5)69-52(48-23-25-51(63)55-49(48)24-26-53(64)60-55)37-58-30-32-62(45-15-9-10-16-45)54(65)29-34-67-33-28-41-21-19-40(20-22-41)27-31-61-38-43-35-46(36-44(43)39-61)68-56(66)59-50-18-12-11-17-47(50)42-13-7-6-8-14-42/h6-8,11-14,17-26,43-46,52,58,63H,9-10,15-16,27-39H2,1-5H3,(H,59,66)(H,60,64)/t43-,44+,46?,52-/m0/s1. The van der Waals surface area contributed by atoms with E-state index in [1.807, 2.05) is 60.7 Å². The lowest BCUT2D eigenvalue weighted by Crippen LogP contribution is -2.45. The fraction of sp³-hybridized carbons (Fsp3) is 0.491. The Morgan fingerprint density at radius 3 is 2.26 bits per heavy atom. The van der Waals surface area contributed by atoms with E-state index >= 15 is 0 Å². The Hall–Kier alpha value is -5.31. The fourth-order valence-corrected chi connectivity index (χ4v) is 11.8. The van der Waals surface area contributed by atoms with Gasteiger partial charge in [0.25, 0.3) is 0 Å². The monoisotopic (exact) mass is 970 g/mol. The van der Waals surface area contributed by atoms with Gasteiger partial charge in [0.15, 0.2) is 8.32 Å². The Labute approximate surface area is 415 Å². The molecule has 2 aliphatic carbocycles. The third kappa shape index (κ3) is 13.1. The molecule has 374 valence electrons. The van der Waals surface area contributed by atoms with Gasteiger partial charge in [0.1, 0.15) is 11.9 Å². The highest BCUT2D eigenvalue weighted by Gasteiger charge is 2.42. The van der Waals surface area contributed by atoms with Crippen LogP contribution in [0.15, 0.2) is 108 Å². The lowest BCUT2D eigenvalue weighted by molar-refractivity contribution is -0.134. The number of phenolic OH excluding ortho intramolecular Hbond substituents is 1. The molecule has 2 heterocycles. The van der Waals surface area contributed by atoms with E-state index in [0.29, 0.717) is 56.6 Å². The molecule has 0 bridgehead atoms. The number of aromatic hydroxyl groups is 1. The molecule has 2 amide bonds. The largest absolute Gasteiger partial charge is 0.506 e. The number of phenols is 1. The van der Waals surface area contributed by atoms with E-state index in [0.717, 1.165) is 98.8 Å². The molecular weight excluding hydrogens is 895 g/mol. The van der Waals surface area contributed by atoms with Gasteiger partial charge < -0.3 is 39.1 Å². The molecule has 1 saturated heterocycles. The Morgan fingerprint density at radius 1 is 0.857 bits per heavy atom. The lowest BCUT2D eigenvalue weighted by Gasteiger charge is -2.40. The van der Waals surface area contributed by atoms with Gasteiger partial charge in [0.2, 0.25) is 11.5 Å². The molecule has 1 aliphatic heterocycles. The minimum atomic E-state index is -2.23.